The highest BCUT2D eigenvalue weighted by atomic mass is 32.1. The van der Waals surface area contributed by atoms with E-state index in [9.17, 15) is 4.79 Å². The van der Waals surface area contributed by atoms with Crippen molar-refractivity contribution in [3.63, 3.8) is 0 Å². The molecule has 1 aromatic rings. The van der Waals surface area contributed by atoms with E-state index in [2.05, 4.69) is 0 Å². The Kier molecular flexibility index (Phi) is 1.90. The van der Waals surface area contributed by atoms with Gasteiger partial charge in [0.1, 0.15) is 0 Å². The summed E-state index contributed by atoms with van der Waals surface area (Å²) in [6, 6.07) is 1.76. The zero-order chi connectivity index (χ0) is 9.26. The molecule has 0 saturated carbocycles. The van der Waals surface area contributed by atoms with E-state index in [0.29, 0.717) is 4.88 Å². The molecule has 4 heteroatoms. The van der Waals surface area contributed by atoms with Crippen molar-refractivity contribution in [1.82, 2.24) is 0 Å². The van der Waals surface area contributed by atoms with Crippen LogP contribution in [0.1, 0.15) is 20.1 Å². The van der Waals surface area contributed by atoms with Gasteiger partial charge in [0.15, 0.2) is 0 Å². The van der Waals surface area contributed by atoms with Crippen molar-refractivity contribution in [3.8, 4) is 0 Å². The Balaban J connectivity index is 2.50. The molecule has 0 radical (unpaired) electrons. The number of carbonyl (C=O) groups excluding carboxylic acids is 1. The smallest absolute Gasteiger partial charge is 0.258 e. The Hall–Kier alpha value is -1.55. The maximum absolute atomic E-state index is 10.9. The Morgan fingerprint density at radius 1 is 1.38 bits per heavy atom. The third-order valence-corrected chi connectivity index (χ3v) is 2.79. The van der Waals surface area contributed by atoms with Crippen molar-refractivity contribution in [2.45, 2.75) is 0 Å². The normalized spacial score (nSPS) is 13.2. The van der Waals surface area contributed by atoms with Crippen molar-refractivity contribution in [2.24, 2.45) is 5.73 Å². The second-order valence-corrected chi connectivity index (χ2v) is 3.62. The fourth-order valence-electron chi connectivity index (χ4n) is 1.06. The SMILES string of the molecule is NC(=O)c1cc2c(s1)C=COC=C2. The number of hydrogen-bond acceptors (Lipinski definition) is 3. The predicted molar refractivity (Wildman–Crippen MR) is 52.0 cm³/mol. The van der Waals surface area contributed by atoms with Crippen LogP contribution >= 0.6 is 11.3 Å². The molecule has 0 aliphatic carbocycles. The molecule has 13 heavy (non-hydrogen) atoms. The van der Waals surface area contributed by atoms with Crippen molar-refractivity contribution in [1.29, 1.82) is 0 Å². The molecule has 0 aromatic carbocycles. The van der Waals surface area contributed by atoms with Gasteiger partial charge in [-0.2, -0.15) is 0 Å². The van der Waals surface area contributed by atoms with Gasteiger partial charge in [0.25, 0.3) is 5.91 Å². The van der Waals surface area contributed by atoms with Crippen LogP contribution in [0, 0.1) is 0 Å². The van der Waals surface area contributed by atoms with Gasteiger partial charge >= 0.3 is 0 Å². The standard InChI is InChI=1S/C9H7NO2S/c10-9(11)8-5-6-1-3-12-4-2-7(6)13-8/h1-5H,(H2,10,11). The molecule has 2 N–H and O–H groups in total. The fraction of sp³-hybridized carbons (Fsp3) is 0. The molecule has 0 spiro atoms. The van der Waals surface area contributed by atoms with Crippen LogP contribution < -0.4 is 5.73 Å². The van der Waals surface area contributed by atoms with Crippen molar-refractivity contribution in [3.05, 3.63) is 33.9 Å². The molecular formula is C9H7NO2S. The first-order chi connectivity index (χ1) is 6.27. The van der Waals surface area contributed by atoms with Crippen LogP contribution in [-0.4, -0.2) is 5.91 Å². The summed E-state index contributed by atoms with van der Waals surface area (Å²) in [5.74, 6) is -0.388. The predicted octanol–water partition coefficient (Wildman–Crippen LogP) is 1.82. The molecule has 1 aliphatic rings. The first-order valence-corrected chi connectivity index (χ1v) is 4.51. The molecule has 0 bridgehead atoms. The number of fused-ring (bicyclic) bond motifs is 1. The van der Waals surface area contributed by atoms with Gasteiger partial charge in [0, 0.05) is 4.88 Å². The number of carbonyl (C=O) groups is 1. The van der Waals surface area contributed by atoms with Crippen molar-refractivity contribution >= 4 is 29.4 Å². The molecule has 0 unspecified atom stereocenters. The Bertz CT molecular complexity index is 374. The molecular weight excluding hydrogens is 186 g/mol. The average Bonchev–Trinajstić information content (AvgIpc) is 2.38. The van der Waals surface area contributed by atoms with Crippen LogP contribution in [-0.2, 0) is 4.74 Å². The lowest BCUT2D eigenvalue weighted by atomic mass is 10.2. The molecule has 1 amide bonds. The van der Waals surface area contributed by atoms with E-state index in [4.69, 9.17) is 10.5 Å². The summed E-state index contributed by atoms with van der Waals surface area (Å²) in [4.78, 5) is 12.4. The van der Waals surface area contributed by atoms with Gasteiger partial charge in [-0.25, -0.2) is 0 Å². The lowest BCUT2D eigenvalue weighted by Gasteiger charge is -1.84. The highest BCUT2D eigenvalue weighted by Gasteiger charge is 2.09. The number of hydrogen-bond donors (Lipinski definition) is 1. The Labute approximate surface area is 79.1 Å². The summed E-state index contributed by atoms with van der Waals surface area (Å²) in [6.07, 6.45) is 6.76. The minimum atomic E-state index is -0.388. The molecule has 66 valence electrons. The topological polar surface area (TPSA) is 52.3 Å². The first kappa shape index (κ1) is 8.07. The monoisotopic (exact) mass is 193 g/mol. The molecule has 1 aliphatic heterocycles. The molecule has 2 rings (SSSR count). The Morgan fingerprint density at radius 3 is 2.92 bits per heavy atom. The van der Waals surface area contributed by atoms with Gasteiger partial charge in [-0.05, 0) is 23.8 Å². The fourth-order valence-corrected chi connectivity index (χ4v) is 1.95. The van der Waals surface area contributed by atoms with E-state index in [1.54, 1.807) is 24.7 Å². The van der Waals surface area contributed by atoms with Crippen LogP contribution in [0.25, 0.3) is 12.2 Å². The Morgan fingerprint density at radius 2 is 2.15 bits per heavy atom. The summed E-state index contributed by atoms with van der Waals surface area (Å²) in [5, 5.41) is 0. The second-order valence-electron chi connectivity index (χ2n) is 2.54. The van der Waals surface area contributed by atoms with Gasteiger partial charge < -0.3 is 10.5 Å². The number of amides is 1. The maximum Gasteiger partial charge on any atom is 0.258 e. The first-order valence-electron chi connectivity index (χ1n) is 3.69. The lowest BCUT2D eigenvalue weighted by molar-refractivity contribution is 0.100. The maximum atomic E-state index is 10.9. The summed E-state index contributed by atoms with van der Waals surface area (Å²) in [7, 11) is 0. The number of nitrogens with two attached hydrogens (primary N) is 1. The van der Waals surface area contributed by atoms with Crippen LogP contribution in [0.5, 0.6) is 0 Å². The molecule has 3 nitrogen and oxygen atoms in total. The van der Waals surface area contributed by atoms with E-state index in [1.807, 2.05) is 6.08 Å². The summed E-state index contributed by atoms with van der Waals surface area (Å²) >= 11 is 1.36. The number of thiophene rings is 1. The molecule has 2 heterocycles. The third kappa shape index (κ3) is 1.48. The van der Waals surface area contributed by atoms with Crippen LogP contribution in [0.15, 0.2) is 18.6 Å². The molecule has 0 fully saturated rings. The largest absolute Gasteiger partial charge is 0.473 e. The lowest BCUT2D eigenvalue weighted by Crippen LogP contribution is -2.08. The van der Waals surface area contributed by atoms with Crippen LogP contribution in [0.4, 0.5) is 0 Å². The van der Waals surface area contributed by atoms with E-state index < -0.39 is 0 Å². The highest BCUT2D eigenvalue weighted by molar-refractivity contribution is 7.15. The summed E-state index contributed by atoms with van der Waals surface area (Å²) < 4.78 is 4.97. The van der Waals surface area contributed by atoms with E-state index >= 15 is 0 Å². The van der Waals surface area contributed by atoms with Gasteiger partial charge in [-0.3, -0.25) is 4.79 Å². The van der Waals surface area contributed by atoms with Gasteiger partial charge in [0.05, 0.1) is 17.4 Å². The minimum Gasteiger partial charge on any atom is -0.473 e. The second kappa shape index (κ2) is 3.06. The highest BCUT2D eigenvalue weighted by Crippen LogP contribution is 2.26. The molecule has 0 saturated heterocycles. The zero-order valence-electron chi connectivity index (χ0n) is 6.69. The van der Waals surface area contributed by atoms with Gasteiger partial charge in [-0.15, -0.1) is 11.3 Å². The van der Waals surface area contributed by atoms with E-state index in [-0.39, 0.29) is 5.91 Å². The minimum absolute atomic E-state index is 0.388. The van der Waals surface area contributed by atoms with Crippen molar-refractivity contribution < 1.29 is 9.53 Å². The number of rotatable bonds is 1. The van der Waals surface area contributed by atoms with E-state index in [0.717, 1.165) is 10.4 Å². The number of ether oxygens (including phenoxy) is 1. The van der Waals surface area contributed by atoms with Gasteiger partial charge in [-0.1, -0.05) is 0 Å². The molecule has 0 atom stereocenters. The molecule has 1 aromatic heterocycles. The van der Waals surface area contributed by atoms with E-state index in [1.165, 1.54) is 11.3 Å². The quantitative estimate of drug-likeness (QED) is 0.739. The zero-order valence-corrected chi connectivity index (χ0v) is 7.51. The summed E-state index contributed by atoms with van der Waals surface area (Å²) in [6.45, 7) is 0. The number of primary amides is 1. The van der Waals surface area contributed by atoms with Crippen molar-refractivity contribution in [2.75, 3.05) is 0 Å². The third-order valence-electron chi connectivity index (χ3n) is 1.66. The van der Waals surface area contributed by atoms with Gasteiger partial charge in [0.2, 0.25) is 0 Å². The van der Waals surface area contributed by atoms with Crippen LogP contribution in [0.3, 0.4) is 0 Å². The van der Waals surface area contributed by atoms with Crippen LogP contribution in [0.2, 0.25) is 0 Å². The summed E-state index contributed by atoms with van der Waals surface area (Å²) in [5.41, 5.74) is 6.12. The average molecular weight is 193 g/mol.